The van der Waals surface area contributed by atoms with E-state index in [1.807, 2.05) is 31.2 Å². The first-order valence-electron chi connectivity index (χ1n) is 10.3. The number of aromatic hydroxyl groups is 1. The lowest BCUT2D eigenvalue weighted by Crippen LogP contribution is -2.20. The van der Waals surface area contributed by atoms with Crippen LogP contribution in [0.4, 0.5) is 11.4 Å². The lowest BCUT2D eigenvalue weighted by molar-refractivity contribution is 0.104. The van der Waals surface area contributed by atoms with Crippen LogP contribution in [0, 0.1) is 0 Å². The van der Waals surface area contributed by atoms with Crippen LogP contribution in [0.15, 0.2) is 82.9 Å². The van der Waals surface area contributed by atoms with Crippen molar-refractivity contribution < 1.29 is 14.6 Å². The molecular weight excluding hydrogens is 438 g/mol. The zero-order valence-corrected chi connectivity index (χ0v) is 19.0. The topological polar surface area (TPSA) is 74.5 Å². The highest BCUT2D eigenvalue weighted by atomic mass is 35.5. The second-order valence-electron chi connectivity index (χ2n) is 7.48. The standard InChI is InChI=1S/C26H22ClN3O3/c1-17-15-26(30(29-17)22-6-4-3-5-21(22)27)28-20-11-9-19(10-12-20)23(31)13-7-18-8-14-25(33-2)24(32)16-18/h3-14,16,32H,15H2,1-2H3/b13-7+,28-26?. The average molecular weight is 460 g/mol. The number of allylic oxidation sites excluding steroid dienone is 1. The number of rotatable bonds is 6. The third-order valence-electron chi connectivity index (χ3n) is 5.05. The summed E-state index contributed by atoms with van der Waals surface area (Å²) in [4.78, 5) is 17.3. The third-order valence-corrected chi connectivity index (χ3v) is 5.37. The Labute approximate surface area is 197 Å². The van der Waals surface area contributed by atoms with E-state index in [0.29, 0.717) is 34.0 Å². The Kier molecular flexibility index (Phi) is 6.56. The SMILES string of the molecule is COc1ccc(/C=C/C(=O)c2ccc(N=C3CC(C)=NN3c3ccccc3Cl)cc2)cc1O. The van der Waals surface area contributed by atoms with Gasteiger partial charge in [0, 0.05) is 17.7 Å². The molecule has 3 aromatic carbocycles. The summed E-state index contributed by atoms with van der Waals surface area (Å²) >= 11 is 6.34. The molecule has 3 aromatic rings. The Hall–Kier alpha value is -3.90. The first kappa shape index (κ1) is 22.3. The second-order valence-corrected chi connectivity index (χ2v) is 7.89. The summed E-state index contributed by atoms with van der Waals surface area (Å²) < 4.78 is 5.03. The number of nitrogens with zero attached hydrogens (tertiary/aromatic N) is 3. The summed E-state index contributed by atoms with van der Waals surface area (Å²) in [6, 6.07) is 19.5. The van der Waals surface area contributed by atoms with E-state index in [1.165, 1.54) is 19.3 Å². The lowest BCUT2D eigenvalue weighted by Gasteiger charge is -2.16. The number of hydrogen-bond donors (Lipinski definition) is 1. The molecule has 0 aliphatic carbocycles. The predicted octanol–water partition coefficient (Wildman–Crippen LogP) is 6.27. The number of ketones is 1. The minimum atomic E-state index is -0.151. The zero-order chi connectivity index (χ0) is 23.4. The molecule has 0 aromatic heterocycles. The molecule has 1 heterocycles. The van der Waals surface area contributed by atoms with Crippen LogP contribution in [0.2, 0.25) is 5.02 Å². The van der Waals surface area contributed by atoms with Gasteiger partial charge in [0.1, 0.15) is 5.84 Å². The van der Waals surface area contributed by atoms with Crippen molar-refractivity contribution in [2.45, 2.75) is 13.3 Å². The highest BCUT2D eigenvalue weighted by Gasteiger charge is 2.22. The largest absolute Gasteiger partial charge is 0.504 e. The van der Waals surface area contributed by atoms with Crippen LogP contribution in [-0.2, 0) is 0 Å². The van der Waals surface area contributed by atoms with Crippen molar-refractivity contribution in [1.82, 2.24) is 0 Å². The highest BCUT2D eigenvalue weighted by Crippen LogP contribution is 2.30. The molecular formula is C26H22ClN3O3. The van der Waals surface area contributed by atoms with E-state index in [0.717, 1.165) is 17.2 Å². The second kappa shape index (κ2) is 9.71. The van der Waals surface area contributed by atoms with Gasteiger partial charge in [-0.05, 0) is 67.1 Å². The van der Waals surface area contributed by atoms with Gasteiger partial charge in [0.2, 0.25) is 0 Å². The van der Waals surface area contributed by atoms with Crippen molar-refractivity contribution in [3.63, 3.8) is 0 Å². The number of ether oxygens (including phenoxy) is 1. The van der Waals surface area contributed by atoms with Crippen LogP contribution in [-0.4, -0.2) is 29.5 Å². The summed E-state index contributed by atoms with van der Waals surface area (Å²) in [5.41, 5.74) is 3.66. The molecule has 4 rings (SSSR count). The van der Waals surface area contributed by atoms with Gasteiger partial charge in [-0.2, -0.15) is 5.10 Å². The maximum absolute atomic E-state index is 12.5. The molecule has 0 radical (unpaired) electrons. The van der Waals surface area contributed by atoms with Gasteiger partial charge in [0.05, 0.1) is 23.5 Å². The average Bonchev–Trinajstić information content (AvgIpc) is 3.18. The molecule has 33 heavy (non-hydrogen) atoms. The number of para-hydroxylation sites is 1. The molecule has 0 spiro atoms. The van der Waals surface area contributed by atoms with Crippen molar-refractivity contribution in [2.75, 3.05) is 12.1 Å². The monoisotopic (exact) mass is 459 g/mol. The van der Waals surface area contributed by atoms with Crippen LogP contribution < -0.4 is 9.75 Å². The Balaban J connectivity index is 1.50. The maximum Gasteiger partial charge on any atom is 0.185 e. The molecule has 1 aliphatic rings. The summed E-state index contributed by atoms with van der Waals surface area (Å²) in [6.07, 6.45) is 3.73. The molecule has 166 valence electrons. The fourth-order valence-corrected chi connectivity index (χ4v) is 3.61. The van der Waals surface area contributed by atoms with E-state index < -0.39 is 0 Å². The molecule has 6 nitrogen and oxygen atoms in total. The third kappa shape index (κ3) is 5.13. The van der Waals surface area contributed by atoms with E-state index in [9.17, 15) is 9.90 Å². The van der Waals surface area contributed by atoms with Gasteiger partial charge < -0.3 is 9.84 Å². The van der Waals surface area contributed by atoms with Crippen molar-refractivity contribution >= 4 is 46.4 Å². The van der Waals surface area contributed by atoms with Crippen LogP contribution in [0.5, 0.6) is 11.5 Å². The normalized spacial score (nSPS) is 14.7. The van der Waals surface area contributed by atoms with Crippen molar-refractivity contribution in [2.24, 2.45) is 10.1 Å². The molecule has 7 heteroatoms. The van der Waals surface area contributed by atoms with E-state index in [4.69, 9.17) is 21.3 Å². The van der Waals surface area contributed by atoms with Crippen LogP contribution >= 0.6 is 11.6 Å². The van der Waals surface area contributed by atoms with Crippen LogP contribution in [0.1, 0.15) is 29.3 Å². The van der Waals surface area contributed by atoms with Crippen molar-refractivity contribution in [3.8, 4) is 11.5 Å². The quantitative estimate of drug-likeness (QED) is 0.348. The van der Waals surface area contributed by atoms with Crippen molar-refractivity contribution in [3.05, 3.63) is 89.0 Å². The molecule has 0 bridgehead atoms. The van der Waals surface area contributed by atoms with Gasteiger partial charge in [-0.1, -0.05) is 35.9 Å². The van der Waals surface area contributed by atoms with E-state index in [1.54, 1.807) is 47.5 Å². The van der Waals surface area contributed by atoms with Gasteiger partial charge >= 0.3 is 0 Å². The first-order chi connectivity index (χ1) is 15.9. The lowest BCUT2D eigenvalue weighted by atomic mass is 10.1. The smallest absolute Gasteiger partial charge is 0.185 e. The number of carbonyl (C=O) groups is 1. The summed E-state index contributed by atoms with van der Waals surface area (Å²) in [7, 11) is 1.48. The molecule has 0 saturated carbocycles. The van der Waals surface area contributed by atoms with E-state index in [2.05, 4.69) is 5.10 Å². The van der Waals surface area contributed by atoms with Crippen LogP contribution in [0.25, 0.3) is 6.08 Å². The zero-order valence-electron chi connectivity index (χ0n) is 18.2. The fourth-order valence-electron chi connectivity index (χ4n) is 3.40. The Morgan fingerprint density at radius 3 is 2.61 bits per heavy atom. The predicted molar refractivity (Wildman–Crippen MR) is 133 cm³/mol. The number of aliphatic imine (C=N–C) groups is 1. The van der Waals surface area contributed by atoms with Crippen molar-refractivity contribution in [1.29, 1.82) is 0 Å². The number of amidine groups is 1. The first-order valence-corrected chi connectivity index (χ1v) is 10.7. The van der Waals surface area contributed by atoms with Gasteiger partial charge in [-0.15, -0.1) is 0 Å². The number of hydrazone groups is 1. The molecule has 0 atom stereocenters. The molecule has 1 aliphatic heterocycles. The molecule has 0 fully saturated rings. The number of carbonyl (C=O) groups excluding carboxylic acids is 1. The van der Waals surface area contributed by atoms with Gasteiger partial charge in [0.25, 0.3) is 0 Å². The molecule has 0 unspecified atom stereocenters. The fraction of sp³-hybridized carbons (Fsp3) is 0.115. The minimum Gasteiger partial charge on any atom is -0.504 e. The Morgan fingerprint density at radius 1 is 1.15 bits per heavy atom. The molecule has 1 N–H and O–H groups in total. The number of halogens is 1. The number of phenols is 1. The highest BCUT2D eigenvalue weighted by molar-refractivity contribution is 6.34. The van der Waals surface area contributed by atoms with Gasteiger partial charge in [-0.25, -0.2) is 10.0 Å². The summed E-state index contributed by atoms with van der Waals surface area (Å²) in [5.74, 6) is 1.01. The molecule has 0 saturated heterocycles. The van der Waals surface area contributed by atoms with Gasteiger partial charge in [0.15, 0.2) is 17.3 Å². The number of hydrogen-bond acceptors (Lipinski definition) is 5. The maximum atomic E-state index is 12.5. The number of anilines is 1. The van der Waals surface area contributed by atoms with E-state index >= 15 is 0 Å². The summed E-state index contributed by atoms with van der Waals surface area (Å²) in [5, 5.41) is 16.8. The number of benzene rings is 3. The Morgan fingerprint density at radius 2 is 1.91 bits per heavy atom. The minimum absolute atomic E-state index is 0.0209. The summed E-state index contributed by atoms with van der Waals surface area (Å²) in [6.45, 7) is 1.95. The number of methoxy groups -OCH3 is 1. The molecule has 0 amide bonds. The van der Waals surface area contributed by atoms with E-state index in [-0.39, 0.29) is 11.5 Å². The number of phenolic OH excluding ortho intramolecular Hbond substituents is 1. The van der Waals surface area contributed by atoms with Crippen LogP contribution in [0.3, 0.4) is 0 Å². The van der Waals surface area contributed by atoms with Gasteiger partial charge in [-0.3, -0.25) is 4.79 Å². The Bertz CT molecular complexity index is 1280.